The summed E-state index contributed by atoms with van der Waals surface area (Å²) in [4.78, 5) is 0. The van der Waals surface area contributed by atoms with E-state index < -0.39 is 0 Å². The fourth-order valence-corrected chi connectivity index (χ4v) is 3.51. The Morgan fingerprint density at radius 2 is 1.94 bits per heavy atom. The van der Waals surface area contributed by atoms with E-state index in [1.807, 2.05) is 17.8 Å². The van der Waals surface area contributed by atoms with Crippen molar-refractivity contribution >= 4 is 27.7 Å². The Hall–Kier alpha value is 0.01000. The lowest BCUT2D eigenvalue weighted by Gasteiger charge is -2.24. The molecule has 3 atom stereocenters. The van der Waals surface area contributed by atoms with Gasteiger partial charge in [0.05, 0.1) is 0 Å². The molecule has 0 heterocycles. The summed E-state index contributed by atoms with van der Waals surface area (Å²) in [6, 6.07) is 8.53. The van der Waals surface area contributed by atoms with Gasteiger partial charge in [0.25, 0.3) is 0 Å². The van der Waals surface area contributed by atoms with Crippen molar-refractivity contribution in [1.29, 1.82) is 0 Å². The van der Waals surface area contributed by atoms with Gasteiger partial charge in [0.2, 0.25) is 0 Å². The van der Waals surface area contributed by atoms with E-state index in [2.05, 4.69) is 54.9 Å². The highest BCUT2D eigenvalue weighted by Gasteiger charge is 2.20. The first-order valence-electron chi connectivity index (χ1n) is 5.71. The second-order valence-corrected chi connectivity index (χ2v) is 6.60. The Morgan fingerprint density at radius 3 is 2.44 bits per heavy atom. The zero-order valence-electron chi connectivity index (χ0n) is 10.1. The standard InChI is InChI=1S/C13H20BrNS/c1-4-9(2)16-13(10(3)15)11-7-5-6-8-12(11)14/h5-10,13H,4,15H2,1-3H3. The summed E-state index contributed by atoms with van der Waals surface area (Å²) >= 11 is 5.57. The molecule has 0 spiro atoms. The summed E-state index contributed by atoms with van der Waals surface area (Å²) in [5.74, 6) is 0. The SMILES string of the molecule is CCC(C)SC(c1ccccc1Br)C(C)N. The monoisotopic (exact) mass is 301 g/mol. The highest BCUT2D eigenvalue weighted by Crippen LogP contribution is 2.38. The van der Waals surface area contributed by atoms with Gasteiger partial charge in [-0.3, -0.25) is 0 Å². The van der Waals surface area contributed by atoms with E-state index in [4.69, 9.17) is 5.73 Å². The zero-order chi connectivity index (χ0) is 12.1. The minimum absolute atomic E-state index is 0.165. The normalized spacial score (nSPS) is 16.8. The van der Waals surface area contributed by atoms with Crippen LogP contribution < -0.4 is 5.73 Å². The van der Waals surface area contributed by atoms with Crippen LogP contribution in [0.1, 0.15) is 38.0 Å². The molecule has 1 rings (SSSR count). The van der Waals surface area contributed by atoms with Crippen molar-refractivity contribution in [3.8, 4) is 0 Å². The Bertz CT molecular complexity index is 327. The van der Waals surface area contributed by atoms with Crippen molar-refractivity contribution in [3.05, 3.63) is 34.3 Å². The van der Waals surface area contributed by atoms with Gasteiger partial charge in [-0.15, -0.1) is 11.8 Å². The summed E-state index contributed by atoms with van der Waals surface area (Å²) < 4.78 is 1.16. The first-order valence-corrected chi connectivity index (χ1v) is 7.45. The van der Waals surface area contributed by atoms with E-state index in [9.17, 15) is 0 Å². The van der Waals surface area contributed by atoms with Crippen LogP contribution in [-0.4, -0.2) is 11.3 Å². The van der Waals surface area contributed by atoms with Crippen molar-refractivity contribution in [2.24, 2.45) is 5.73 Å². The molecular weight excluding hydrogens is 282 g/mol. The minimum atomic E-state index is 0.165. The number of hydrogen-bond donors (Lipinski definition) is 1. The van der Waals surface area contributed by atoms with Crippen LogP contribution >= 0.6 is 27.7 Å². The van der Waals surface area contributed by atoms with E-state index in [1.54, 1.807) is 0 Å². The maximum atomic E-state index is 6.10. The van der Waals surface area contributed by atoms with Gasteiger partial charge in [-0.05, 0) is 25.0 Å². The molecule has 1 aromatic carbocycles. The van der Waals surface area contributed by atoms with Gasteiger partial charge in [-0.2, -0.15) is 0 Å². The van der Waals surface area contributed by atoms with E-state index in [1.165, 1.54) is 12.0 Å². The predicted octanol–water partition coefficient (Wildman–Crippen LogP) is 4.37. The fourth-order valence-electron chi connectivity index (χ4n) is 1.53. The summed E-state index contributed by atoms with van der Waals surface area (Å²) in [7, 11) is 0. The fraction of sp³-hybridized carbons (Fsp3) is 0.538. The Kier molecular flexibility index (Phi) is 5.87. The molecule has 0 fully saturated rings. The summed E-state index contributed by atoms with van der Waals surface area (Å²) in [5.41, 5.74) is 7.41. The molecule has 0 aliphatic rings. The van der Waals surface area contributed by atoms with Gasteiger partial charge in [0, 0.05) is 21.0 Å². The van der Waals surface area contributed by atoms with E-state index >= 15 is 0 Å². The molecule has 0 aromatic heterocycles. The third kappa shape index (κ3) is 3.79. The first kappa shape index (κ1) is 14.1. The molecule has 2 N–H and O–H groups in total. The highest BCUT2D eigenvalue weighted by atomic mass is 79.9. The zero-order valence-corrected chi connectivity index (χ0v) is 12.5. The van der Waals surface area contributed by atoms with E-state index in [0.717, 1.165) is 4.47 Å². The van der Waals surface area contributed by atoms with Crippen LogP contribution in [0.5, 0.6) is 0 Å². The van der Waals surface area contributed by atoms with Crippen molar-refractivity contribution in [1.82, 2.24) is 0 Å². The Labute approximate surface area is 111 Å². The van der Waals surface area contributed by atoms with Crippen LogP contribution in [0.15, 0.2) is 28.7 Å². The number of benzene rings is 1. The van der Waals surface area contributed by atoms with Gasteiger partial charge in [0.1, 0.15) is 0 Å². The molecule has 0 aliphatic carbocycles. The second kappa shape index (κ2) is 6.67. The highest BCUT2D eigenvalue weighted by molar-refractivity contribution is 9.10. The third-order valence-electron chi connectivity index (χ3n) is 2.64. The lowest BCUT2D eigenvalue weighted by molar-refractivity contribution is 0.713. The van der Waals surface area contributed by atoms with Gasteiger partial charge in [-0.25, -0.2) is 0 Å². The molecule has 3 heteroatoms. The van der Waals surface area contributed by atoms with Crippen LogP contribution in [0.4, 0.5) is 0 Å². The molecular formula is C13H20BrNS. The van der Waals surface area contributed by atoms with Crippen LogP contribution in [-0.2, 0) is 0 Å². The summed E-state index contributed by atoms with van der Waals surface area (Å²) in [6.45, 7) is 6.56. The molecule has 0 bridgehead atoms. The average Bonchev–Trinajstić information content (AvgIpc) is 2.26. The molecule has 3 unspecified atom stereocenters. The Balaban J connectivity index is 2.90. The van der Waals surface area contributed by atoms with Crippen molar-refractivity contribution in [2.75, 3.05) is 0 Å². The van der Waals surface area contributed by atoms with Crippen molar-refractivity contribution in [3.63, 3.8) is 0 Å². The topological polar surface area (TPSA) is 26.0 Å². The predicted molar refractivity (Wildman–Crippen MR) is 77.9 cm³/mol. The molecule has 90 valence electrons. The largest absolute Gasteiger partial charge is 0.327 e. The number of thioether (sulfide) groups is 1. The smallest absolute Gasteiger partial charge is 0.0459 e. The van der Waals surface area contributed by atoms with Crippen LogP contribution in [0.25, 0.3) is 0 Å². The summed E-state index contributed by atoms with van der Waals surface area (Å²) in [6.07, 6.45) is 1.18. The van der Waals surface area contributed by atoms with E-state index in [-0.39, 0.29) is 6.04 Å². The number of halogens is 1. The lowest BCUT2D eigenvalue weighted by atomic mass is 10.1. The first-order chi connectivity index (χ1) is 7.56. The van der Waals surface area contributed by atoms with Crippen LogP contribution in [0, 0.1) is 0 Å². The maximum Gasteiger partial charge on any atom is 0.0459 e. The third-order valence-corrected chi connectivity index (χ3v) is 5.14. The van der Waals surface area contributed by atoms with Crippen molar-refractivity contribution in [2.45, 2.75) is 43.7 Å². The second-order valence-electron chi connectivity index (χ2n) is 4.16. The van der Waals surface area contributed by atoms with Gasteiger partial charge < -0.3 is 5.73 Å². The molecule has 1 nitrogen and oxygen atoms in total. The quantitative estimate of drug-likeness (QED) is 0.874. The molecule has 0 radical (unpaired) electrons. The molecule has 0 saturated carbocycles. The van der Waals surface area contributed by atoms with Crippen LogP contribution in [0.2, 0.25) is 0 Å². The molecule has 0 amide bonds. The van der Waals surface area contributed by atoms with E-state index in [0.29, 0.717) is 10.5 Å². The molecule has 16 heavy (non-hydrogen) atoms. The van der Waals surface area contributed by atoms with Crippen LogP contribution in [0.3, 0.4) is 0 Å². The maximum absolute atomic E-state index is 6.10. The van der Waals surface area contributed by atoms with Gasteiger partial charge >= 0.3 is 0 Å². The van der Waals surface area contributed by atoms with Gasteiger partial charge in [-0.1, -0.05) is 48.0 Å². The number of rotatable bonds is 5. The minimum Gasteiger partial charge on any atom is -0.327 e. The average molecular weight is 302 g/mol. The van der Waals surface area contributed by atoms with Gasteiger partial charge in [0.15, 0.2) is 0 Å². The number of nitrogens with two attached hydrogens (primary N) is 1. The Morgan fingerprint density at radius 1 is 1.31 bits per heavy atom. The lowest BCUT2D eigenvalue weighted by Crippen LogP contribution is -2.24. The summed E-state index contributed by atoms with van der Waals surface area (Å²) in [5, 5.41) is 1.01. The molecule has 0 aliphatic heterocycles. The molecule has 0 saturated heterocycles. The molecule has 1 aromatic rings. The van der Waals surface area contributed by atoms with Crippen molar-refractivity contribution < 1.29 is 0 Å². The number of hydrogen-bond acceptors (Lipinski definition) is 2.